The van der Waals surface area contributed by atoms with Crippen LogP contribution in [0.5, 0.6) is 0 Å². The van der Waals surface area contributed by atoms with Crippen molar-refractivity contribution in [2.75, 3.05) is 33.4 Å². The van der Waals surface area contributed by atoms with Gasteiger partial charge in [0.25, 0.3) is 0 Å². The minimum Gasteiger partial charge on any atom is -0.383 e. The van der Waals surface area contributed by atoms with E-state index in [1.807, 2.05) is 0 Å². The maximum Gasteiger partial charge on any atom is 0.230 e. The number of rotatable bonds is 8. The third-order valence-electron chi connectivity index (χ3n) is 4.53. The van der Waals surface area contributed by atoms with E-state index in [1.165, 1.54) is 11.1 Å². The standard InChI is InChI=1S/C18H28N2O2.ClH/c1-15-6-5-7-16(14-15)18(8-3-4-9-18)17(21)20-11-10-19-12-13-22-2;/h5-7,14,19H,3-4,8-13H2,1-2H3,(H,20,21);1H. The van der Waals surface area contributed by atoms with Crippen LogP contribution in [0, 0.1) is 6.92 Å². The van der Waals surface area contributed by atoms with Gasteiger partial charge in [0.05, 0.1) is 12.0 Å². The fourth-order valence-corrected chi connectivity index (χ4v) is 3.30. The number of amides is 1. The quantitative estimate of drug-likeness (QED) is 0.715. The van der Waals surface area contributed by atoms with Crippen molar-refractivity contribution in [3.63, 3.8) is 0 Å². The fourth-order valence-electron chi connectivity index (χ4n) is 3.30. The van der Waals surface area contributed by atoms with Gasteiger partial charge in [-0.25, -0.2) is 0 Å². The molecular formula is C18H29ClN2O2. The van der Waals surface area contributed by atoms with E-state index in [4.69, 9.17) is 4.74 Å². The van der Waals surface area contributed by atoms with Crippen molar-refractivity contribution in [3.05, 3.63) is 35.4 Å². The van der Waals surface area contributed by atoms with E-state index in [9.17, 15) is 4.79 Å². The lowest BCUT2D eigenvalue weighted by molar-refractivity contribution is -0.126. The molecule has 1 aliphatic carbocycles. The average molecular weight is 341 g/mol. The Bertz CT molecular complexity index is 488. The van der Waals surface area contributed by atoms with Crippen LogP contribution in [0.3, 0.4) is 0 Å². The second-order valence-corrected chi connectivity index (χ2v) is 6.16. The number of hydrogen-bond donors (Lipinski definition) is 2. The summed E-state index contributed by atoms with van der Waals surface area (Å²) >= 11 is 0. The van der Waals surface area contributed by atoms with Crippen LogP contribution in [-0.2, 0) is 14.9 Å². The number of methoxy groups -OCH3 is 1. The second kappa shape index (κ2) is 9.91. The Morgan fingerprint density at radius 2 is 1.96 bits per heavy atom. The zero-order valence-electron chi connectivity index (χ0n) is 14.2. The van der Waals surface area contributed by atoms with Crippen molar-refractivity contribution in [3.8, 4) is 0 Å². The molecule has 2 rings (SSSR count). The number of nitrogens with one attached hydrogen (secondary N) is 2. The van der Waals surface area contributed by atoms with E-state index in [0.717, 1.165) is 38.8 Å². The van der Waals surface area contributed by atoms with E-state index in [2.05, 4.69) is 41.8 Å². The lowest BCUT2D eigenvalue weighted by atomic mass is 9.77. The van der Waals surface area contributed by atoms with Crippen LogP contribution in [0.15, 0.2) is 24.3 Å². The molecule has 1 aromatic carbocycles. The third kappa shape index (κ3) is 5.20. The molecule has 2 N–H and O–H groups in total. The van der Waals surface area contributed by atoms with Gasteiger partial charge in [-0.3, -0.25) is 4.79 Å². The molecule has 0 aliphatic heterocycles. The fraction of sp³-hybridized carbons (Fsp3) is 0.611. The molecule has 0 saturated heterocycles. The molecule has 1 aromatic rings. The molecule has 5 heteroatoms. The lowest BCUT2D eigenvalue weighted by Gasteiger charge is -2.28. The Balaban J connectivity index is 0.00000264. The van der Waals surface area contributed by atoms with Crippen molar-refractivity contribution < 1.29 is 9.53 Å². The zero-order valence-corrected chi connectivity index (χ0v) is 15.0. The second-order valence-electron chi connectivity index (χ2n) is 6.16. The number of carbonyl (C=O) groups excluding carboxylic acids is 1. The molecule has 0 bridgehead atoms. The van der Waals surface area contributed by atoms with Gasteiger partial charge in [-0.05, 0) is 25.3 Å². The van der Waals surface area contributed by atoms with Crippen molar-refractivity contribution >= 4 is 18.3 Å². The predicted octanol–water partition coefficient (Wildman–Crippen LogP) is 2.58. The molecule has 0 heterocycles. The van der Waals surface area contributed by atoms with Gasteiger partial charge in [-0.15, -0.1) is 12.4 Å². The van der Waals surface area contributed by atoms with Crippen LogP contribution in [0.1, 0.15) is 36.8 Å². The first-order valence-corrected chi connectivity index (χ1v) is 8.24. The maximum absolute atomic E-state index is 12.8. The number of halogens is 1. The summed E-state index contributed by atoms with van der Waals surface area (Å²) in [5.74, 6) is 0.184. The number of ether oxygens (including phenoxy) is 1. The minimum absolute atomic E-state index is 0. The molecule has 4 nitrogen and oxygen atoms in total. The minimum atomic E-state index is -0.321. The molecule has 1 amide bonds. The molecule has 1 fully saturated rings. The highest BCUT2D eigenvalue weighted by Crippen LogP contribution is 2.41. The molecule has 0 radical (unpaired) electrons. The van der Waals surface area contributed by atoms with Gasteiger partial charge in [-0.1, -0.05) is 42.7 Å². The van der Waals surface area contributed by atoms with Gasteiger partial charge in [0.15, 0.2) is 0 Å². The summed E-state index contributed by atoms with van der Waals surface area (Å²) in [5.41, 5.74) is 2.08. The summed E-state index contributed by atoms with van der Waals surface area (Å²) in [6.45, 7) is 5.04. The Kier molecular flexibility index (Phi) is 8.59. The summed E-state index contributed by atoms with van der Waals surface area (Å²) in [4.78, 5) is 12.8. The van der Waals surface area contributed by atoms with Crippen LogP contribution in [0.25, 0.3) is 0 Å². The summed E-state index contributed by atoms with van der Waals surface area (Å²) in [6, 6.07) is 8.42. The molecule has 0 unspecified atom stereocenters. The van der Waals surface area contributed by atoms with Gasteiger partial charge >= 0.3 is 0 Å². The van der Waals surface area contributed by atoms with Crippen molar-refractivity contribution in [1.82, 2.24) is 10.6 Å². The summed E-state index contributed by atoms with van der Waals surface area (Å²) < 4.78 is 4.99. The average Bonchev–Trinajstić information content (AvgIpc) is 3.01. The van der Waals surface area contributed by atoms with E-state index in [1.54, 1.807) is 7.11 Å². The van der Waals surface area contributed by atoms with E-state index >= 15 is 0 Å². The van der Waals surface area contributed by atoms with Crippen LogP contribution < -0.4 is 10.6 Å². The number of aryl methyl sites for hydroxylation is 1. The van der Waals surface area contributed by atoms with Crippen molar-refractivity contribution in [1.29, 1.82) is 0 Å². The predicted molar refractivity (Wildman–Crippen MR) is 96.3 cm³/mol. The summed E-state index contributed by atoms with van der Waals surface area (Å²) in [7, 11) is 1.69. The SMILES string of the molecule is COCCNCCNC(=O)C1(c2cccc(C)c2)CCCC1.Cl. The van der Waals surface area contributed by atoms with E-state index in [0.29, 0.717) is 13.2 Å². The first-order valence-electron chi connectivity index (χ1n) is 8.24. The Hall–Kier alpha value is -1.10. The van der Waals surface area contributed by atoms with Crippen molar-refractivity contribution in [2.45, 2.75) is 38.0 Å². The topological polar surface area (TPSA) is 50.4 Å². The Morgan fingerprint density at radius 1 is 1.22 bits per heavy atom. The molecule has 0 spiro atoms. The maximum atomic E-state index is 12.8. The molecule has 0 aromatic heterocycles. The molecule has 23 heavy (non-hydrogen) atoms. The van der Waals surface area contributed by atoms with Gasteiger partial charge in [0.1, 0.15) is 0 Å². The number of carbonyl (C=O) groups is 1. The van der Waals surface area contributed by atoms with Gasteiger partial charge < -0.3 is 15.4 Å². The zero-order chi connectivity index (χ0) is 15.8. The Morgan fingerprint density at radius 3 is 2.61 bits per heavy atom. The number of hydrogen-bond acceptors (Lipinski definition) is 3. The molecule has 130 valence electrons. The summed E-state index contributed by atoms with van der Waals surface area (Å²) in [6.07, 6.45) is 4.18. The largest absolute Gasteiger partial charge is 0.383 e. The lowest BCUT2D eigenvalue weighted by Crippen LogP contribution is -2.45. The highest BCUT2D eigenvalue weighted by molar-refractivity contribution is 5.88. The summed E-state index contributed by atoms with van der Waals surface area (Å²) in [5, 5.41) is 6.37. The van der Waals surface area contributed by atoms with Crippen LogP contribution in [-0.4, -0.2) is 39.3 Å². The molecule has 1 saturated carbocycles. The van der Waals surface area contributed by atoms with Gasteiger partial charge in [0.2, 0.25) is 5.91 Å². The highest BCUT2D eigenvalue weighted by atomic mass is 35.5. The smallest absolute Gasteiger partial charge is 0.230 e. The van der Waals surface area contributed by atoms with Crippen LogP contribution >= 0.6 is 12.4 Å². The monoisotopic (exact) mass is 340 g/mol. The number of benzene rings is 1. The van der Waals surface area contributed by atoms with Crippen LogP contribution in [0.2, 0.25) is 0 Å². The first-order chi connectivity index (χ1) is 10.7. The molecule has 1 aliphatic rings. The van der Waals surface area contributed by atoms with E-state index in [-0.39, 0.29) is 23.7 Å². The van der Waals surface area contributed by atoms with Gasteiger partial charge in [0, 0.05) is 26.7 Å². The highest BCUT2D eigenvalue weighted by Gasteiger charge is 2.42. The molecular weight excluding hydrogens is 312 g/mol. The normalized spacial score (nSPS) is 15.9. The third-order valence-corrected chi connectivity index (χ3v) is 4.53. The van der Waals surface area contributed by atoms with Gasteiger partial charge in [-0.2, -0.15) is 0 Å². The van der Waals surface area contributed by atoms with Crippen molar-refractivity contribution in [2.24, 2.45) is 0 Å². The first kappa shape index (κ1) is 19.9. The Labute approximate surface area is 145 Å². The molecule has 0 atom stereocenters. The van der Waals surface area contributed by atoms with E-state index < -0.39 is 0 Å². The van der Waals surface area contributed by atoms with Crippen LogP contribution in [0.4, 0.5) is 0 Å².